The molecular weight excluding hydrogens is 656 g/mol. The molecule has 4 aromatic rings. The number of aryl methyl sites for hydroxylation is 1. The maximum Gasteiger partial charge on any atom is 0.459 e. The molecule has 0 unspecified atom stereocenters. The van der Waals surface area contributed by atoms with Crippen LogP contribution in [0.2, 0.25) is 0 Å². The largest absolute Gasteiger partial charge is 0.459 e. The molecule has 0 aliphatic rings. The predicted molar refractivity (Wildman–Crippen MR) is 147 cm³/mol. The van der Waals surface area contributed by atoms with Crippen molar-refractivity contribution >= 4 is 0 Å². The maximum atomic E-state index is 15.1. The van der Waals surface area contributed by atoms with E-state index in [4.69, 9.17) is 0 Å². The Morgan fingerprint density at radius 2 is 1.17 bits per heavy atom. The van der Waals surface area contributed by atoms with Crippen LogP contribution in [0, 0.1) is 29.1 Å². The first kappa shape index (κ1) is 35.2. The molecule has 4 aromatic carbocycles. The van der Waals surface area contributed by atoms with Gasteiger partial charge in [0.1, 0.15) is 28.8 Å². The van der Waals surface area contributed by atoms with Crippen LogP contribution >= 0.6 is 0 Å². The molecule has 4 rings (SSSR count). The number of hydrogen-bond donors (Lipinski definition) is 0. The topological polar surface area (TPSA) is 18.5 Å². The van der Waals surface area contributed by atoms with Crippen molar-refractivity contribution in [3.8, 4) is 33.8 Å². The van der Waals surface area contributed by atoms with Crippen molar-refractivity contribution in [1.29, 1.82) is 0 Å². The van der Waals surface area contributed by atoms with E-state index in [0.717, 1.165) is 37.3 Å². The van der Waals surface area contributed by atoms with Gasteiger partial charge in [-0.05, 0) is 53.3 Å². The van der Waals surface area contributed by atoms with Crippen LogP contribution < -0.4 is 9.47 Å². The quantitative estimate of drug-likeness (QED) is 0.110. The molecule has 0 heterocycles. The average molecular weight is 679 g/mol. The second-order valence-electron chi connectivity index (χ2n) is 10.2. The molecule has 0 saturated heterocycles. The van der Waals surface area contributed by atoms with Gasteiger partial charge >= 0.3 is 18.3 Å². The van der Waals surface area contributed by atoms with Crippen LogP contribution in [-0.2, 0) is 12.5 Å². The van der Waals surface area contributed by atoms with Crippen molar-refractivity contribution in [3.63, 3.8) is 0 Å². The standard InChI is InChI=1S/C33H22F12O2/c1-2-3-4-5-17-6-8-18(9-7-17)19-10-11-22(23(34)12-19)20-13-24(35)28(25(36)14-20)32(42,43)46-21-15-26(37)29(27(38)16-21)47-33(44,45)30(39)31(40)41/h6-16H,2-5H2,1H3. The van der Waals surface area contributed by atoms with Gasteiger partial charge in [-0.25, -0.2) is 22.0 Å². The van der Waals surface area contributed by atoms with E-state index in [-0.39, 0.29) is 17.7 Å². The van der Waals surface area contributed by atoms with E-state index in [1.165, 1.54) is 12.1 Å². The van der Waals surface area contributed by atoms with E-state index in [2.05, 4.69) is 16.4 Å². The number of rotatable bonds is 12. The fourth-order valence-electron chi connectivity index (χ4n) is 4.55. The van der Waals surface area contributed by atoms with E-state index in [9.17, 15) is 48.3 Å². The molecule has 14 heteroatoms. The van der Waals surface area contributed by atoms with Crippen LogP contribution in [0.4, 0.5) is 52.7 Å². The molecule has 0 N–H and O–H groups in total. The van der Waals surface area contributed by atoms with Gasteiger partial charge < -0.3 is 9.47 Å². The summed E-state index contributed by atoms with van der Waals surface area (Å²) in [5, 5.41) is 0. The second-order valence-corrected chi connectivity index (χ2v) is 10.2. The number of ether oxygens (including phenoxy) is 2. The van der Waals surface area contributed by atoms with Crippen molar-refractivity contribution < 1.29 is 62.2 Å². The molecule has 0 aliphatic carbocycles. The van der Waals surface area contributed by atoms with Gasteiger partial charge in [-0.2, -0.15) is 30.7 Å². The van der Waals surface area contributed by atoms with E-state index < -0.39 is 75.8 Å². The Morgan fingerprint density at radius 1 is 0.617 bits per heavy atom. The number of hydrogen-bond acceptors (Lipinski definition) is 2. The summed E-state index contributed by atoms with van der Waals surface area (Å²) in [7, 11) is 0. The number of halogens is 12. The summed E-state index contributed by atoms with van der Waals surface area (Å²) < 4.78 is 174. The summed E-state index contributed by atoms with van der Waals surface area (Å²) >= 11 is 0. The molecule has 0 aliphatic heterocycles. The first-order chi connectivity index (χ1) is 22.0. The van der Waals surface area contributed by atoms with Crippen LogP contribution in [0.3, 0.4) is 0 Å². The lowest BCUT2D eigenvalue weighted by Gasteiger charge is -2.21. The average Bonchev–Trinajstić information content (AvgIpc) is 2.98. The third-order valence-electron chi connectivity index (χ3n) is 6.84. The third-order valence-corrected chi connectivity index (χ3v) is 6.84. The molecule has 0 atom stereocenters. The van der Waals surface area contributed by atoms with Gasteiger partial charge in [-0.15, -0.1) is 0 Å². The minimum absolute atomic E-state index is 0.211. The van der Waals surface area contributed by atoms with E-state index in [0.29, 0.717) is 23.3 Å². The lowest BCUT2D eigenvalue weighted by Crippen LogP contribution is -2.27. The summed E-state index contributed by atoms with van der Waals surface area (Å²) in [6.45, 7) is 2.08. The minimum atomic E-state index is -5.56. The molecule has 0 aromatic heterocycles. The smallest absolute Gasteiger partial charge is 0.429 e. The molecule has 250 valence electrons. The zero-order chi connectivity index (χ0) is 34.7. The number of benzene rings is 4. The Labute approximate surface area is 259 Å². The molecule has 0 fully saturated rings. The van der Waals surface area contributed by atoms with Gasteiger partial charge in [0, 0.05) is 17.7 Å². The minimum Gasteiger partial charge on any atom is -0.429 e. The summed E-state index contributed by atoms with van der Waals surface area (Å²) in [5.41, 5.74) is -0.725. The Balaban J connectivity index is 1.56. The van der Waals surface area contributed by atoms with Crippen molar-refractivity contribution in [2.24, 2.45) is 0 Å². The highest BCUT2D eigenvalue weighted by molar-refractivity contribution is 5.71. The Hall–Kier alpha value is -4.62. The highest BCUT2D eigenvalue weighted by Gasteiger charge is 2.45. The molecule has 0 saturated carbocycles. The van der Waals surface area contributed by atoms with Gasteiger partial charge in [-0.1, -0.05) is 56.2 Å². The lowest BCUT2D eigenvalue weighted by molar-refractivity contribution is -0.190. The van der Waals surface area contributed by atoms with Gasteiger partial charge in [0.25, 0.3) is 5.83 Å². The van der Waals surface area contributed by atoms with Crippen molar-refractivity contribution in [2.45, 2.75) is 44.8 Å². The monoisotopic (exact) mass is 678 g/mol. The van der Waals surface area contributed by atoms with Crippen molar-refractivity contribution in [2.75, 3.05) is 0 Å². The fourth-order valence-corrected chi connectivity index (χ4v) is 4.55. The molecule has 0 radical (unpaired) electrons. The SMILES string of the molecule is CCCCCc1ccc(-c2ccc(-c3cc(F)c(C(F)(F)Oc4cc(F)c(OC(F)(F)C(F)=C(F)F)c(F)c4)c(F)c3)c(F)c2)cc1. The predicted octanol–water partition coefficient (Wildman–Crippen LogP) is 11.6. The van der Waals surface area contributed by atoms with Crippen molar-refractivity contribution in [3.05, 3.63) is 119 Å². The van der Waals surface area contributed by atoms with Crippen LogP contribution in [0.15, 0.2) is 78.6 Å². The van der Waals surface area contributed by atoms with E-state index >= 15 is 4.39 Å². The van der Waals surface area contributed by atoms with Crippen molar-refractivity contribution in [1.82, 2.24) is 0 Å². The summed E-state index contributed by atoms with van der Waals surface area (Å²) in [4.78, 5) is 0. The van der Waals surface area contributed by atoms with Crippen LogP contribution in [-0.4, -0.2) is 6.11 Å². The van der Waals surface area contributed by atoms with Gasteiger partial charge in [0.05, 0.1) is 0 Å². The van der Waals surface area contributed by atoms with Crippen LogP contribution in [0.5, 0.6) is 11.5 Å². The van der Waals surface area contributed by atoms with Crippen LogP contribution in [0.1, 0.15) is 37.3 Å². The Bertz CT molecular complexity index is 1740. The molecule has 0 bridgehead atoms. The zero-order valence-corrected chi connectivity index (χ0v) is 24.0. The zero-order valence-electron chi connectivity index (χ0n) is 24.0. The number of unbranched alkanes of at least 4 members (excludes halogenated alkanes) is 2. The molecule has 0 amide bonds. The van der Waals surface area contributed by atoms with Gasteiger partial charge in [-0.3, -0.25) is 0 Å². The van der Waals surface area contributed by atoms with Gasteiger partial charge in [0.15, 0.2) is 17.4 Å². The van der Waals surface area contributed by atoms with Crippen LogP contribution in [0.25, 0.3) is 22.3 Å². The fraction of sp³-hybridized carbons (Fsp3) is 0.212. The second kappa shape index (κ2) is 14.0. The van der Waals surface area contributed by atoms with Gasteiger partial charge in [0.2, 0.25) is 0 Å². The highest BCUT2D eigenvalue weighted by atomic mass is 19.3. The highest BCUT2D eigenvalue weighted by Crippen LogP contribution is 2.41. The van der Waals surface area contributed by atoms with E-state index in [1.54, 1.807) is 12.1 Å². The summed E-state index contributed by atoms with van der Waals surface area (Å²) in [6, 6.07) is 11.4. The number of alkyl halides is 4. The normalized spacial score (nSPS) is 11.9. The van der Waals surface area contributed by atoms with E-state index in [1.807, 2.05) is 12.1 Å². The third kappa shape index (κ3) is 8.03. The Kier molecular flexibility index (Phi) is 10.5. The summed E-state index contributed by atoms with van der Waals surface area (Å²) in [5.74, 6) is -16.5. The molecule has 0 spiro atoms. The summed E-state index contributed by atoms with van der Waals surface area (Å²) in [6.07, 6.45) is -10.1. The first-order valence-corrected chi connectivity index (χ1v) is 13.8. The maximum absolute atomic E-state index is 15.1. The first-order valence-electron chi connectivity index (χ1n) is 13.8. The molecule has 47 heavy (non-hydrogen) atoms. The lowest BCUT2D eigenvalue weighted by atomic mass is 9.97. The molecular formula is C33H22F12O2. The Morgan fingerprint density at radius 3 is 1.70 bits per heavy atom. The molecule has 2 nitrogen and oxygen atoms in total.